The van der Waals surface area contributed by atoms with Gasteiger partial charge in [0.2, 0.25) is 0 Å². The highest BCUT2D eigenvalue weighted by Crippen LogP contribution is 2.33. The summed E-state index contributed by atoms with van der Waals surface area (Å²) in [5.41, 5.74) is 6.59. The third-order valence-electron chi connectivity index (χ3n) is 2.17. The second kappa shape index (κ2) is 6.53. The number of ether oxygens (including phenoxy) is 1. The van der Waals surface area contributed by atoms with Gasteiger partial charge < -0.3 is 15.6 Å². The number of halogens is 1. The zero-order chi connectivity index (χ0) is 10.6. The van der Waals surface area contributed by atoms with Crippen molar-refractivity contribution in [3.8, 4) is 11.5 Å². The summed E-state index contributed by atoms with van der Waals surface area (Å²) in [4.78, 5) is 0. The lowest BCUT2D eigenvalue weighted by Crippen LogP contribution is -2.09. The lowest BCUT2D eigenvalue weighted by atomic mass is 10.0. The first kappa shape index (κ1) is 14.1. The van der Waals surface area contributed by atoms with E-state index in [0.717, 1.165) is 12.0 Å². The molecule has 0 amide bonds. The van der Waals surface area contributed by atoms with E-state index in [1.807, 2.05) is 26.0 Å². The molecule has 3 nitrogen and oxygen atoms in total. The number of hydrogen-bond acceptors (Lipinski definition) is 3. The molecule has 0 saturated heterocycles. The Bertz CT molecular complexity index is 305. The molecule has 0 aliphatic rings. The van der Waals surface area contributed by atoms with Crippen LogP contribution >= 0.6 is 12.4 Å². The van der Waals surface area contributed by atoms with E-state index in [1.54, 1.807) is 6.07 Å². The van der Waals surface area contributed by atoms with Gasteiger partial charge in [-0.2, -0.15) is 0 Å². The van der Waals surface area contributed by atoms with E-state index in [2.05, 4.69) is 0 Å². The van der Waals surface area contributed by atoms with Crippen molar-refractivity contribution < 1.29 is 9.84 Å². The number of hydrogen-bond donors (Lipinski definition) is 2. The van der Waals surface area contributed by atoms with Gasteiger partial charge in [0.25, 0.3) is 0 Å². The van der Waals surface area contributed by atoms with Gasteiger partial charge in [-0.3, -0.25) is 0 Å². The summed E-state index contributed by atoms with van der Waals surface area (Å²) >= 11 is 0. The van der Waals surface area contributed by atoms with Crippen LogP contribution in [0.2, 0.25) is 0 Å². The molecule has 0 fully saturated rings. The second-order valence-corrected chi connectivity index (χ2v) is 3.14. The highest BCUT2D eigenvalue weighted by atomic mass is 35.5. The molecule has 86 valence electrons. The molecule has 4 heteroatoms. The van der Waals surface area contributed by atoms with Crippen molar-refractivity contribution in [1.82, 2.24) is 0 Å². The van der Waals surface area contributed by atoms with Crippen molar-refractivity contribution in [2.24, 2.45) is 5.73 Å². The summed E-state index contributed by atoms with van der Waals surface area (Å²) in [6.45, 7) is 4.40. The van der Waals surface area contributed by atoms with Crippen LogP contribution in [0.1, 0.15) is 31.9 Å². The zero-order valence-electron chi connectivity index (χ0n) is 9.06. The van der Waals surface area contributed by atoms with E-state index in [-0.39, 0.29) is 24.2 Å². The summed E-state index contributed by atoms with van der Waals surface area (Å²) in [6, 6.07) is 5.28. The highest BCUT2D eigenvalue weighted by Gasteiger charge is 2.12. The summed E-state index contributed by atoms with van der Waals surface area (Å²) in [5, 5.41) is 9.82. The third-order valence-corrected chi connectivity index (χ3v) is 2.17. The predicted octanol–water partition coefficient (Wildman–Crippen LogP) is 2.62. The molecule has 1 aromatic carbocycles. The Labute approximate surface area is 96.7 Å². The lowest BCUT2D eigenvalue weighted by molar-refractivity contribution is 0.315. The van der Waals surface area contributed by atoms with Gasteiger partial charge in [-0.15, -0.1) is 12.4 Å². The van der Waals surface area contributed by atoms with Gasteiger partial charge in [0.15, 0.2) is 11.5 Å². The fourth-order valence-electron chi connectivity index (χ4n) is 1.33. The first-order valence-corrected chi connectivity index (χ1v) is 4.90. The molecule has 1 atom stereocenters. The zero-order valence-corrected chi connectivity index (χ0v) is 9.88. The number of rotatable bonds is 4. The second-order valence-electron chi connectivity index (χ2n) is 3.14. The molecular weight excluding hydrogens is 214 g/mol. The molecule has 0 spiro atoms. The Kier molecular flexibility index (Phi) is 6.13. The van der Waals surface area contributed by atoms with Crippen LogP contribution in [0, 0.1) is 0 Å². The number of benzene rings is 1. The molecule has 0 heterocycles. The van der Waals surface area contributed by atoms with Gasteiger partial charge >= 0.3 is 0 Å². The SMILES string of the molecule is CCOc1cccc([C@H](N)CC)c1O.Cl. The van der Waals surface area contributed by atoms with Gasteiger partial charge in [-0.25, -0.2) is 0 Å². The normalized spacial score (nSPS) is 11.7. The Morgan fingerprint density at radius 1 is 1.40 bits per heavy atom. The highest BCUT2D eigenvalue weighted by molar-refractivity contribution is 5.85. The molecule has 15 heavy (non-hydrogen) atoms. The molecule has 1 aromatic rings. The third kappa shape index (κ3) is 3.29. The Morgan fingerprint density at radius 3 is 2.60 bits per heavy atom. The predicted molar refractivity (Wildman–Crippen MR) is 63.7 cm³/mol. The number of phenolic OH excluding ortho intramolecular Hbond substituents is 1. The minimum absolute atomic E-state index is 0. The summed E-state index contributed by atoms with van der Waals surface area (Å²) in [5.74, 6) is 0.678. The monoisotopic (exact) mass is 231 g/mol. The van der Waals surface area contributed by atoms with Gasteiger partial charge in [0, 0.05) is 11.6 Å². The number of aromatic hydroxyl groups is 1. The molecule has 3 N–H and O–H groups in total. The van der Waals surface area contributed by atoms with Crippen molar-refractivity contribution >= 4 is 12.4 Å². The number of nitrogens with two attached hydrogens (primary N) is 1. The van der Waals surface area contributed by atoms with Gasteiger partial charge in [-0.1, -0.05) is 19.1 Å². The van der Waals surface area contributed by atoms with Crippen molar-refractivity contribution in [2.45, 2.75) is 26.3 Å². The van der Waals surface area contributed by atoms with Crippen LogP contribution in [0.3, 0.4) is 0 Å². The van der Waals surface area contributed by atoms with Gasteiger partial charge in [-0.05, 0) is 19.4 Å². The maximum Gasteiger partial charge on any atom is 0.162 e. The topological polar surface area (TPSA) is 55.5 Å². The maximum atomic E-state index is 9.82. The number of para-hydroxylation sites is 1. The van der Waals surface area contributed by atoms with E-state index in [0.29, 0.717) is 12.4 Å². The van der Waals surface area contributed by atoms with Crippen molar-refractivity contribution in [2.75, 3.05) is 6.61 Å². The van der Waals surface area contributed by atoms with Crippen LogP contribution in [-0.2, 0) is 0 Å². The molecule has 0 unspecified atom stereocenters. The van der Waals surface area contributed by atoms with Gasteiger partial charge in [0.05, 0.1) is 6.61 Å². The van der Waals surface area contributed by atoms with Crippen molar-refractivity contribution in [3.63, 3.8) is 0 Å². The largest absolute Gasteiger partial charge is 0.504 e. The summed E-state index contributed by atoms with van der Waals surface area (Å²) in [7, 11) is 0. The summed E-state index contributed by atoms with van der Waals surface area (Å²) < 4.78 is 5.27. The molecule has 0 aromatic heterocycles. The smallest absolute Gasteiger partial charge is 0.162 e. The van der Waals surface area contributed by atoms with Crippen LogP contribution in [0.25, 0.3) is 0 Å². The average molecular weight is 232 g/mol. The van der Waals surface area contributed by atoms with Crippen molar-refractivity contribution in [3.05, 3.63) is 23.8 Å². The summed E-state index contributed by atoms with van der Waals surface area (Å²) in [6.07, 6.45) is 0.795. The molecule has 1 rings (SSSR count). The first-order valence-electron chi connectivity index (χ1n) is 4.90. The average Bonchev–Trinajstić information content (AvgIpc) is 2.20. The van der Waals surface area contributed by atoms with Crippen LogP contribution in [0.15, 0.2) is 18.2 Å². The lowest BCUT2D eigenvalue weighted by Gasteiger charge is -2.14. The Balaban J connectivity index is 0.00000196. The minimum Gasteiger partial charge on any atom is -0.504 e. The molecule has 0 saturated carbocycles. The van der Waals surface area contributed by atoms with Crippen LogP contribution in [-0.4, -0.2) is 11.7 Å². The Morgan fingerprint density at radius 2 is 2.07 bits per heavy atom. The van der Waals surface area contributed by atoms with Crippen molar-refractivity contribution in [1.29, 1.82) is 0 Å². The minimum atomic E-state index is -0.129. The Hall–Kier alpha value is -0.930. The van der Waals surface area contributed by atoms with E-state index in [1.165, 1.54) is 0 Å². The van der Waals surface area contributed by atoms with E-state index in [4.69, 9.17) is 10.5 Å². The standard InChI is InChI=1S/C11H17NO2.ClH/c1-3-9(12)8-6-5-7-10(11(8)13)14-4-2;/h5-7,9,13H,3-4,12H2,1-2H3;1H/t9-;/m1./s1. The molecule has 0 aliphatic carbocycles. The van der Waals surface area contributed by atoms with Gasteiger partial charge in [0.1, 0.15) is 0 Å². The van der Waals surface area contributed by atoms with E-state index >= 15 is 0 Å². The molecular formula is C11H18ClNO2. The van der Waals surface area contributed by atoms with Crippen LogP contribution in [0.5, 0.6) is 11.5 Å². The van der Waals surface area contributed by atoms with E-state index in [9.17, 15) is 5.11 Å². The number of phenols is 1. The fraction of sp³-hybridized carbons (Fsp3) is 0.455. The fourth-order valence-corrected chi connectivity index (χ4v) is 1.33. The first-order chi connectivity index (χ1) is 6.70. The van der Waals surface area contributed by atoms with Crippen LogP contribution < -0.4 is 10.5 Å². The molecule has 0 bridgehead atoms. The van der Waals surface area contributed by atoms with Crippen LogP contribution in [0.4, 0.5) is 0 Å². The maximum absolute atomic E-state index is 9.82. The molecule has 0 radical (unpaired) electrons. The quantitative estimate of drug-likeness (QED) is 0.838. The van der Waals surface area contributed by atoms with E-state index < -0.39 is 0 Å². The molecule has 0 aliphatic heterocycles.